The summed E-state index contributed by atoms with van der Waals surface area (Å²) in [5.74, 6) is -1.17. The van der Waals surface area contributed by atoms with Gasteiger partial charge < -0.3 is 14.5 Å². The number of hydrogen-bond donors (Lipinski definition) is 1. The van der Waals surface area contributed by atoms with Crippen molar-refractivity contribution >= 4 is 18.4 Å². The van der Waals surface area contributed by atoms with Gasteiger partial charge in [-0.25, -0.2) is 0 Å². The van der Waals surface area contributed by atoms with E-state index in [-0.39, 0.29) is 0 Å². The Morgan fingerprint density at radius 3 is 2.22 bits per heavy atom. The molecule has 0 spiro atoms. The van der Waals surface area contributed by atoms with E-state index in [0.717, 1.165) is 12.1 Å². The standard InChI is InChI=1S/C18H24NO3P/c1-4-14-22-23(21,18(20)15-8-6-5-7-9-15)17-12-10-16(11-13-17)19(2)3/h5-13,18,20H,4,14H2,1-3H3/t18-,23+/m0/s1. The minimum atomic E-state index is -3.41. The molecule has 0 heterocycles. The van der Waals surface area contributed by atoms with Crippen LogP contribution in [0.4, 0.5) is 5.69 Å². The van der Waals surface area contributed by atoms with Crippen LogP contribution in [-0.4, -0.2) is 25.8 Å². The van der Waals surface area contributed by atoms with Crippen LogP contribution in [0.3, 0.4) is 0 Å². The van der Waals surface area contributed by atoms with Crippen molar-refractivity contribution in [1.82, 2.24) is 0 Å². The monoisotopic (exact) mass is 333 g/mol. The molecule has 0 fully saturated rings. The van der Waals surface area contributed by atoms with Gasteiger partial charge in [0.25, 0.3) is 7.37 Å². The lowest BCUT2D eigenvalue weighted by atomic mass is 10.2. The van der Waals surface area contributed by atoms with Crippen LogP contribution < -0.4 is 10.2 Å². The lowest BCUT2D eigenvalue weighted by molar-refractivity contribution is 0.214. The van der Waals surface area contributed by atoms with Crippen LogP contribution in [-0.2, 0) is 9.09 Å². The maximum atomic E-state index is 13.5. The topological polar surface area (TPSA) is 49.8 Å². The molecule has 0 aromatic heterocycles. The molecule has 2 atom stereocenters. The highest BCUT2D eigenvalue weighted by Gasteiger charge is 2.36. The van der Waals surface area contributed by atoms with E-state index in [1.165, 1.54) is 0 Å². The Balaban J connectivity index is 2.40. The third-order valence-electron chi connectivity index (χ3n) is 3.63. The van der Waals surface area contributed by atoms with Crippen molar-refractivity contribution < 1.29 is 14.2 Å². The highest BCUT2D eigenvalue weighted by Crippen LogP contribution is 2.57. The van der Waals surface area contributed by atoms with Crippen LogP contribution in [0.15, 0.2) is 54.6 Å². The van der Waals surface area contributed by atoms with Gasteiger partial charge in [-0.15, -0.1) is 0 Å². The molecule has 4 nitrogen and oxygen atoms in total. The number of benzene rings is 2. The summed E-state index contributed by atoms with van der Waals surface area (Å²) in [6.45, 7) is 2.30. The zero-order chi connectivity index (χ0) is 16.9. The van der Waals surface area contributed by atoms with Crippen molar-refractivity contribution in [2.45, 2.75) is 19.2 Å². The first-order valence-corrected chi connectivity index (χ1v) is 9.43. The van der Waals surface area contributed by atoms with E-state index < -0.39 is 13.2 Å². The molecule has 0 unspecified atom stereocenters. The summed E-state index contributed by atoms with van der Waals surface area (Å²) in [7, 11) is 0.477. The van der Waals surface area contributed by atoms with Gasteiger partial charge in [0, 0.05) is 25.1 Å². The maximum Gasteiger partial charge on any atom is 0.264 e. The molecule has 0 aliphatic carbocycles. The van der Waals surface area contributed by atoms with E-state index in [2.05, 4.69) is 0 Å². The molecule has 23 heavy (non-hydrogen) atoms. The Kier molecular flexibility index (Phi) is 6.00. The quantitative estimate of drug-likeness (QED) is 0.784. The van der Waals surface area contributed by atoms with Gasteiger partial charge in [0.15, 0.2) is 5.85 Å². The fourth-order valence-corrected chi connectivity index (χ4v) is 4.45. The molecule has 0 aliphatic rings. The SMILES string of the molecule is CCCO[P@](=O)(c1ccc(N(C)C)cc1)[C@H](O)c1ccccc1. The first kappa shape index (κ1) is 17.7. The summed E-state index contributed by atoms with van der Waals surface area (Å²) < 4.78 is 19.1. The van der Waals surface area contributed by atoms with Crippen molar-refractivity contribution in [3.05, 3.63) is 60.2 Å². The van der Waals surface area contributed by atoms with Crippen LogP contribution in [0.2, 0.25) is 0 Å². The number of aliphatic hydroxyl groups excluding tert-OH is 1. The summed E-state index contributed by atoms with van der Waals surface area (Å²) in [6.07, 6.45) is 0.737. The molecule has 0 bridgehead atoms. The van der Waals surface area contributed by atoms with Gasteiger partial charge in [0.05, 0.1) is 6.61 Å². The molecule has 0 saturated carbocycles. The molecule has 1 N–H and O–H groups in total. The number of hydrogen-bond acceptors (Lipinski definition) is 4. The zero-order valence-electron chi connectivity index (χ0n) is 13.8. The predicted molar refractivity (Wildman–Crippen MR) is 95.7 cm³/mol. The van der Waals surface area contributed by atoms with E-state index in [0.29, 0.717) is 17.5 Å². The predicted octanol–water partition coefficient (Wildman–Crippen LogP) is 3.77. The van der Waals surface area contributed by atoms with Crippen molar-refractivity contribution in [3.63, 3.8) is 0 Å². The fraction of sp³-hybridized carbons (Fsp3) is 0.333. The van der Waals surface area contributed by atoms with Gasteiger partial charge >= 0.3 is 0 Å². The molecule has 0 saturated heterocycles. The summed E-state index contributed by atoms with van der Waals surface area (Å²) >= 11 is 0. The van der Waals surface area contributed by atoms with E-state index in [4.69, 9.17) is 4.52 Å². The molecular formula is C18H24NO3P. The largest absolute Gasteiger partial charge is 0.378 e. The van der Waals surface area contributed by atoms with Crippen LogP contribution in [0, 0.1) is 0 Å². The molecule has 0 radical (unpaired) electrons. The fourth-order valence-electron chi connectivity index (χ4n) is 2.29. The second-order valence-corrected chi connectivity index (χ2v) is 8.08. The van der Waals surface area contributed by atoms with Gasteiger partial charge in [-0.1, -0.05) is 37.3 Å². The van der Waals surface area contributed by atoms with Crippen molar-refractivity contribution in [2.24, 2.45) is 0 Å². The van der Waals surface area contributed by atoms with E-state index >= 15 is 0 Å². The Labute approximate surface area is 138 Å². The first-order valence-electron chi connectivity index (χ1n) is 7.74. The second kappa shape index (κ2) is 7.78. The lowest BCUT2D eigenvalue weighted by Crippen LogP contribution is -2.16. The first-order chi connectivity index (χ1) is 11.0. The van der Waals surface area contributed by atoms with Gasteiger partial charge in [-0.3, -0.25) is 4.57 Å². The molecular weight excluding hydrogens is 309 g/mol. The number of anilines is 1. The summed E-state index contributed by atoms with van der Waals surface area (Å²) in [5.41, 5.74) is 1.61. The van der Waals surface area contributed by atoms with Gasteiger partial charge in [-0.05, 0) is 36.2 Å². The van der Waals surface area contributed by atoms with Gasteiger partial charge in [0.1, 0.15) is 0 Å². The van der Waals surface area contributed by atoms with Gasteiger partial charge in [-0.2, -0.15) is 0 Å². The summed E-state index contributed by atoms with van der Waals surface area (Å²) in [4.78, 5) is 1.97. The van der Waals surface area contributed by atoms with E-state index in [9.17, 15) is 9.67 Å². The summed E-state index contributed by atoms with van der Waals surface area (Å²) in [5, 5.41) is 11.2. The third-order valence-corrected chi connectivity index (χ3v) is 6.16. The Bertz CT molecular complexity index is 656. The Morgan fingerprint density at radius 1 is 1.09 bits per heavy atom. The molecule has 2 aromatic carbocycles. The highest BCUT2D eigenvalue weighted by atomic mass is 31.2. The minimum Gasteiger partial charge on any atom is -0.378 e. The van der Waals surface area contributed by atoms with Crippen molar-refractivity contribution in [2.75, 3.05) is 25.6 Å². The van der Waals surface area contributed by atoms with Crippen LogP contribution in [0.5, 0.6) is 0 Å². The molecule has 0 amide bonds. The van der Waals surface area contributed by atoms with E-state index in [1.54, 1.807) is 24.3 Å². The Hall–Kier alpha value is -1.61. The number of aliphatic hydroxyl groups is 1. The Morgan fingerprint density at radius 2 is 1.70 bits per heavy atom. The molecule has 2 aromatic rings. The molecule has 2 rings (SSSR count). The summed E-state index contributed by atoms with van der Waals surface area (Å²) in [6, 6.07) is 16.3. The van der Waals surface area contributed by atoms with Crippen molar-refractivity contribution in [3.8, 4) is 0 Å². The normalized spacial score (nSPS) is 15.0. The average Bonchev–Trinajstić information content (AvgIpc) is 2.59. The average molecular weight is 333 g/mol. The lowest BCUT2D eigenvalue weighted by Gasteiger charge is -2.25. The van der Waals surface area contributed by atoms with Crippen molar-refractivity contribution in [1.29, 1.82) is 0 Å². The number of rotatable bonds is 7. The maximum absolute atomic E-state index is 13.5. The number of nitrogens with zero attached hydrogens (tertiary/aromatic N) is 1. The zero-order valence-corrected chi connectivity index (χ0v) is 14.7. The third kappa shape index (κ3) is 4.03. The highest BCUT2D eigenvalue weighted by molar-refractivity contribution is 7.67. The minimum absolute atomic E-state index is 0.344. The van der Waals surface area contributed by atoms with Gasteiger partial charge in [0.2, 0.25) is 0 Å². The van der Waals surface area contributed by atoms with Crippen LogP contribution >= 0.6 is 7.37 Å². The van der Waals surface area contributed by atoms with Crippen LogP contribution in [0.25, 0.3) is 0 Å². The smallest absolute Gasteiger partial charge is 0.264 e. The molecule has 124 valence electrons. The van der Waals surface area contributed by atoms with E-state index in [1.807, 2.05) is 56.3 Å². The molecule has 5 heteroatoms. The molecule has 0 aliphatic heterocycles. The van der Waals surface area contributed by atoms with Crippen LogP contribution in [0.1, 0.15) is 24.8 Å². The second-order valence-electron chi connectivity index (χ2n) is 5.63.